The summed E-state index contributed by atoms with van der Waals surface area (Å²) in [4.78, 5) is 14.4. The van der Waals surface area contributed by atoms with Gasteiger partial charge in [-0.05, 0) is 62.2 Å². The normalized spacial score (nSPS) is 21.8. The summed E-state index contributed by atoms with van der Waals surface area (Å²) in [6.07, 6.45) is 6.73. The van der Waals surface area contributed by atoms with Crippen molar-refractivity contribution >= 4 is 13.8 Å². The highest BCUT2D eigenvalue weighted by molar-refractivity contribution is 6.08. The lowest BCUT2D eigenvalue weighted by Crippen LogP contribution is -2.57. The first-order chi connectivity index (χ1) is 12.0. The molecule has 0 saturated carbocycles. The van der Waals surface area contributed by atoms with E-state index in [1.54, 1.807) is 0 Å². The van der Waals surface area contributed by atoms with Crippen molar-refractivity contribution in [3.05, 3.63) is 35.4 Å². The highest BCUT2D eigenvalue weighted by Crippen LogP contribution is 2.34. The first kappa shape index (κ1) is 18.5. The second kappa shape index (κ2) is 7.92. The highest BCUT2D eigenvalue weighted by atomic mass is 16.4. The van der Waals surface area contributed by atoms with Crippen molar-refractivity contribution in [1.82, 2.24) is 4.90 Å². The number of benzene rings is 1. The number of carboxylic acids is 1. The molecule has 2 radical (unpaired) electrons. The van der Waals surface area contributed by atoms with Crippen molar-refractivity contribution in [3.8, 4) is 0 Å². The topological polar surface area (TPSA) is 66.6 Å². The van der Waals surface area contributed by atoms with E-state index in [0.29, 0.717) is 18.8 Å². The Kier molecular flexibility index (Phi) is 5.85. The van der Waals surface area contributed by atoms with Crippen LogP contribution in [0.15, 0.2) is 24.3 Å². The maximum Gasteiger partial charge on any atom is 0.323 e. The number of unbranched alkanes of at least 4 members (excludes halogenated alkanes) is 1. The van der Waals surface area contributed by atoms with E-state index in [2.05, 4.69) is 29.2 Å². The number of rotatable bonds is 7. The van der Waals surface area contributed by atoms with Crippen LogP contribution in [0, 0.1) is 5.92 Å². The van der Waals surface area contributed by atoms with Crippen molar-refractivity contribution < 1.29 is 9.90 Å². The van der Waals surface area contributed by atoms with Crippen LogP contribution in [0.3, 0.4) is 0 Å². The maximum absolute atomic E-state index is 11.8. The first-order valence-electron chi connectivity index (χ1n) is 9.57. The van der Waals surface area contributed by atoms with Crippen molar-refractivity contribution in [3.63, 3.8) is 0 Å². The van der Waals surface area contributed by atoms with Gasteiger partial charge in [0.25, 0.3) is 0 Å². The predicted octanol–water partition coefficient (Wildman–Crippen LogP) is 2.41. The van der Waals surface area contributed by atoms with Crippen LogP contribution in [0.25, 0.3) is 0 Å². The molecule has 0 aromatic heterocycles. The van der Waals surface area contributed by atoms with Crippen LogP contribution in [0.2, 0.25) is 6.32 Å². The Bertz CT molecular complexity index is 576. The Labute approximate surface area is 152 Å². The summed E-state index contributed by atoms with van der Waals surface area (Å²) in [7, 11) is 5.54. The van der Waals surface area contributed by atoms with E-state index in [9.17, 15) is 9.90 Å². The molecular weight excluding hydrogens is 311 g/mol. The third kappa shape index (κ3) is 3.93. The molecular formula is C20H29BN2O2. The smallest absolute Gasteiger partial charge is 0.323 e. The Balaban J connectivity index is 1.57. The third-order valence-corrected chi connectivity index (χ3v) is 6.25. The number of carbonyl (C=O) groups is 1. The van der Waals surface area contributed by atoms with Crippen molar-refractivity contribution in [1.29, 1.82) is 0 Å². The molecule has 25 heavy (non-hydrogen) atoms. The van der Waals surface area contributed by atoms with Gasteiger partial charge in [0.15, 0.2) is 0 Å². The standard InChI is InChI=1S/C20H29BN2O2/c21-10-4-3-9-20(22,19(24)25)17-7-11-23(12-8-17)18-13-15-5-1-2-6-16(15)14-18/h1-2,5-6,17-18H,3-4,7-14,22H2,(H,24,25). The zero-order valence-electron chi connectivity index (χ0n) is 15.0. The molecule has 1 heterocycles. The van der Waals surface area contributed by atoms with Gasteiger partial charge in [-0.1, -0.05) is 43.4 Å². The van der Waals surface area contributed by atoms with Crippen molar-refractivity contribution in [2.45, 2.75) is 62.8 Å². The fraction of sp³-hybridized carbons (Fsp3) is 0.650. The molecule has 134 valence electrons. The number of nitrogens with zero attached hydrogens (tertiary/aromatic N) is 1. The average molecular weight is 340 g/mol. The van der Waals surface area contributed by atoms with Crippen LogP contribution >= 0.6 is 0 Å². The molecule has 1 atom stereocenters. The van der Waals surface area contributed by atoms with Crippen LogP contribution in [-0.2, 0) is 17.6 Å². The quantitative estimate of drug-likeness (QED) is 0.591. The van der Waals surface area contributed by atoms with Gasteiger partial charge < -0.3 is 10.8 Å². The summed E-state index contributed by atoms with van der Waals surface area (Å²) in [6, 6.07) is 9.26. The molecule has 2 aliphatic rings. The van der Waals surface area contributed by atoms with Gasteiger partial charge in [-0.25, -0.2) is 0 Å². The number of hydrogen-bond acceptors (Lipinski definition) is 3. The van der Waals surface area contributed by atoms with Crippen molar-refractivity contribution in [2.24, 2.45) is 11.7 Å². The minimum Gasteiger partial charge on any atom is -0.480 e. The number of fused-ring (bicyclic) bond motifs is 1. The Hall–Kier alpha value is -1.33. The molecule has 0 amide bonds. The average Bonchev–Trinajstić information content (AvgIpc) is 3.06. The van der Waals surface area contributed by atoms with Gasteiger partial charge in [-0.15, -0.1) is 0 Å². The van der Waals surface area contributed by atoms with E-state index in [1.165, 1.54) is 11.1 Å². The third-order valence-electron chi connectivity index (χ3n) is 6.25. The number of nitrogens with two attached hydrogens (primary N) is 1. The van der Waals surface area contributed by atoms with E-state index >= 15 is 0 Å². The zero-order valence-corrected chi connectivity index (χ0v) is 15.0. The van der Waals surface area contributed by atoms with E-state index in [1.807, 2.05) is 0 Å². The van der Waals surface area contributed by atoms with Gasteiger partial charge in [0.05, 0.1) is 7.85 Å². The largest absolute Gasteiger partial charge is 0.480 e. The Morgan fingerprint density at radius 2 is 1.80 bits per heavy atom. The lowest BCUT2D eigenvalue weighted by Gasteiger charge is -2.42. The van der Waals surface area contributed by atoms with E-state index in [4.69, 9.17) is 13.6 Å². The van der Waals surface area contributed by atoms with Crippen molar-refractivity contribution in [2.75, 3.05) is 13.1 Å². The molecule has 1 aliphatic heterocycles. The summed E-state index contributed by atoms with van der Waals surface area (Å²) in [5.41, 5.74) is 8.20. The molecule has 1 aliphatic carbocycles. The minimum atomic E-state index is -1.10. The molecule has 3 N–H and O–H groups in total. The highest BCUT2D eigenvalue weighted by Gasteiger charge is 2.43. The van der Waals surface area contributed by atoms with Crippen LogP contribution in [0.4, 0.5) is 0 Å². The van der Waals surface area contributed by atoms with Crippen LogP contribution in [0.1, 0.15) is 43.2 Å². The second-order valence-corrected chi connectivity index (χ2v) is 7.73. The molecule has 4 nitrogen and oxygen atoms in total. The molecule has 0 spiro atoms. The van der Waals surface area contributed by atoms with E-state index in [0.717, 1.165) is 51.6 Å². The lowest BCUT2D eigenvalue weighted by atomic mass is 9.74. The number of likely N-dealkylation sites (tertiary alicyclic amines) is 1. The number of aliphatic carboxylic acids is 1. The van der Waals surface area contributed by atoms with Gasteiger partial charge in [-0.3, -0.25) is 9.69 Å². The zero-order chi connectivity index (χ0) is 17.9. The Morgan fingerprint density at radius 3 is 2.32 bits per heavy atom. The van der Waals surface area contributed by atoms with Gasteiger partial charge in [0, 0.05) is 6.04 Å². The molecule has 1 unspecified atom stereocenters. The van der Waals surface area contributed by atoms with Crippen LogP contribution in [-0.4, -0.2) is 48.5 Å². The molecule has 1 aromatic carbocycles. The SMILES string of the molecule is [B]CCCCC(N)(C(=O)O)C1CCN(C2Cc3ccccc3C2)CC1. The van der Waals surface area contributed by atoms with Gasteiger partial charge in [0.2, 0.25) is 0 Å². The second-order valence-electron chi connectivity index (χ2n) is 7.73. The first-order valence-corrected chi connectivity index (χ1v) is 9.57. The summed E-state index contributed by atoms with van der Waals surface area (Å²) in [6.45, 7) is 1.90. The molecule has 1 fully saturated rings. The summed E-state index contributed by atoms with van der Waals surface area (Å²) in [5, 5.41) is 9.71. The number of carboxylic acid groups (broad SMARTS) is 1. The molecule has 0 bridgehead atoms. The van der Waals surface area contributed by atoms with Gasteiger partial charge in [0.1, 0.15) is 5.54 Å². The van der Waals surface area contributed by atoms with Gasteiger partial charge >= 0.3 is 5.97 Å². The van der Waals surface area contributed by atoms with E-state index < -0.39 is 11.5 Å². The monoisotopic (exact) mass is 340 g/mol. The lowest BCUT2D eigenvalue weighted by molar-refractivity contribution is -0.147. The summed E-state index contributed by atoms with van der Waals surface area (Å²) >= 11 is 0. The fourth-order valence-corrected chi connectivity index (χ4v) is 4.62. The number of hydrogen-bond donors (Lipinski definition) is 2. The van der Waals surface area contributed by atoms with E-state index in [-0.39, 0.29) is 5.92 Å². The Morgan fingerprint density at radius 1 is 1.20 bits per heavy atom. The predicted molar refractivity (Wildman–Crippen MR) is 101 cm³/mol. The van der Waals surface area contributed by atoms with Crippen LogP contribution in [0.5, 0.6) is 0 Å². The number of piperidine rings is 1. The maximum atomic E-state index is 11.8. The molecule has 5 heteroatoms. The molecule has 1 aromatic rings. The molecule has 3 rings (SSSR count). The van der Waals surface area contributed by atoms with Gasteiger partial charge in [-0.2, -0.15) is 0 Å². The minimum absolute atomic E-state index is 0.0582. The summed E-state index contributed by atoms with van der Waals surface area (Å²) < 4.78 is 0. The molecule has 1 saturated heterocycles. The fourth-order valence-electron chi connectivity index (χ4n) is 4.62. The van der Waals surface area contributed by atoms with Crippen LogP contribution < -0.4 is 5.73 Å². The summed E-state index contributed by atoms with van der Waals surface area (Å²) in [5.74, 6) is -0.793.